The van der Waals surface area contributed by atoms with Crippen molar-refractivity contribution >= 4 is 36.0 Å². The Morgan fingerprint density at radius 1 is 1.36 bits per heavy atom. The predicted molar refractivity (Wildman–Crippen MR) is 124 cm³/mol. The van der Waals surface area contributed by atoms with Gasteiger partial charge in [0.25, 0.3) is 0 Å². The van der Waals surface area contributed by atoms with Crippen LogP contribution in [0.5, 0.6) is 0 Å². The monoisotopic (exact) mass is 508 g/mol. The highest BCUT2D eigenvalue weighted by Crippen LogP contribution is 2.11. The zero-order valence-electron chi connectivity index (χ0n) is 18.2. The van der Waals surface area contributed by atoms with Crippen molar-refractivity contribution in [2.45, 2.75) is 59.2 Å². The van der Waals surface area contributed by atoms with Gasteiger partial charge < -0.3 is 24.8 Å². The van der Waals surface area contributed by atoms with Crippen LogP contribution in [-0.4, -0.2) is 65.3 Å². The van der Waals surface area contributed by atoms with Crippen molar-refractivity contribution in [2.75, 3.05) is 27.2 Å². The van der Waals surface area contributed by atoms with Crippen molar-refractivity contribution in [1.29, 1.82) is 0 Å². The molecule has 0 saturated carbocycles. The van der Waals surface area contributed by atoms with Crippen LogP contribution in [0, 0.1) is 5.92 Å². The molecule has 1 aromatic heterocycles. The molecule has 1 amide bonds. The summed E-state index contributed by atoms with van der Waals surface area (Å²) >= 11 is 0. The highest BCUT2D eigenvalue weighted by Gasteiger charge is 2.22. The minimum atomic E-state index is -0.496. The SMILES string of the molecule is CN=C(NCCn1ccnc1)N(C)CCC(NC(=O)OC(C)(C)C)C(C)C.I. The molecule has 0 fully saturated rings. The van der Waals surface area contributed by atoms with Gasteiger partial charge in [-0.3, -0.25) is 4.99 Å². The average molecular weight is 508 g/mol. The van der Waals surface area contributed by atoms with E-state index in [9.17, 15) is 4.79 Å². The molecule has 28 heavy (non-hydrogen) atoms. The molecule has 0 aliphatic rings. The Labute approximate surface area is 186 Å². The molecule has 8 nitrogen and oxygen atoms in total. The van der Waals surface area contributed by atoms with Crippen LogP contribution in [0.2, 0.25) is 0 Å². The summed E-state index contributed by atoms with van der Waals surface area (Å²) in [4.78, 5) is 22.5. The van der Waals surface area contributed by atoms with Crippen LogP contribution in [0.25, 0.3) is 0 Å². The van der Waals surface area contributed by atoms with Crippen LogP contribution >= 0.6 is 24.0 Å². The van der Waals surface area contributed by atoms with E-state index >= 15 is 0 Å². The minimum absolute atomic E-state index is 0. The highest BCUT2D eigenvalue weighted by molar-refractivity contribution is 14.0. The number of alkyl carbamates (subject to hydrolysis) is 1. The quantitative estimate of drug-likeness (QED) is 0.321. The lowest BCUT2D eigenvalue weighted by atomic mass is 10.0. The maximum Gasteiger partial charge on any atom is 0.407 e. The molecule has 1 heterocycles. The third-order valence-electron chi connectivity index (χ3n) is 4.07. The summed E-state index contributed by atoms with van der Waals surface area (Å²) in [5.41, 5.74) is -0.496. The summed E-state index contributed by atoms with van der Waals surface area (Å²) in [5, 5.41) is 6.34. The van der Waals surface area contributed by atoms with Crippen LogP contribution in [0.1, 0.15) is 41.0 Å². The molecule has 2 N–H and O–H groups in total. The summed E-state index contributed by atoms with van der Waals surface area (Å²) in [6, 6.07) is 0.0337. The number of aliphatic imine (C=N–C) groups is 1. The number of carbonyl (C=O) groups excluding carboxylic acids is 1. The van der Waals surface area contributed by atoms with Crippen molar-refractivity contribution in [3.8, 4) is 0 Å². The van der Waals surface area contributed by atoms with Gasteiger partial charge in [-0.2, -0.15) is 0 Å². The van der Waals surface area contributed by atoms with Gasteiger partial charge in [0.2, 0.25) is 0 Å². The second-order valence-electron chi connectivity index (χ2n) is 7.98. The standard InChI is InChI=1S/C19H36N6O2.HI/c1-15(2)16(23-18(26)27-19(3,4)5)8-11-24(7)17(20-6)22-10-13-25-12-9-21-14-25;/h9,12,14-16H,8,10-11,13H2,1-7H3,(H,20,22)(H,23,26);1H. The van der Waals surface area contributed by atoms with E-state index in [0.29, 0.717) is 5.92 Å². The zero-order chi connectivity index (χ0) is 20.4. The lowest BCUT2D eigenvalue weighted by Crippen LogP contribution is -2.45. The molecule has 1 atom stereocenters. The highest BCUT2D eigenvalue weighted by atomic mass is 127. The van der Waals surface area contributed by atoms with Crippen molar-refractivity contribution < 1.29 is 9.53 Å². The van der Waals surface area contributed by atoms with Gasteiger partial charge in [-0.1, -0.05) is 13.8 Å². The Kier molecular flexibility index (Phi) is 12.1. The molecule has 0 saturated heterocycles. The smallest absolute Gasteiger partial charge is 0.407 e. The molecule has 9 heteroatoms. The Balaban J connectivity index is 0.00000729. The first-order valence-corrected chi connectivity index (χ1v) is 9.49. The number of nitrogens with zero attached hydrogens (tertiary/aromatic N) is 4. The van der Waals surface area contributed by atoms with Crippen molar-refractivity contribution in [1.82, 2.24) is 25.1 Å². The van der Waals surface area contributed by atoms with Crippen LogP contribution in [0.15, 0.2) is 23.7 Å². The van der Waals surface area contributed by atoms with E-state index in [-0.39, 0.29) is 36.1 Å². The lowest BCUT2D eigenvalue weighted by molar-refractivity contribution is 0.0486. The number of hydrogen-bond donors (Lipinski definition) is 2. The fourth-order valence-electron chi connectivity index (χ4n) is 2.57. The van der Waals surface area contributed by atoms with E-state index in [1.165, 1.54) is 0 Å². The van der Waals surface area contributed by atoms with Gasteiger partial charge in [0.05, 0.1) is 6.33 Å². The number of halogens is 1. The molecule has 0 radical (unpaired) electrons. The van der Waals surface area contributed by atoms with Gasteiger partial charge in [0.1, 0.15) is 5.60 Å². The van der Waals surface area contributed by atoms with E-state index in [1.807, 2.05) is 38.6 Å². The number of rotatable bonds is 8. The number of aromatic nitrogens is 2. The molecule has 0 aliphatic carbocycles. The molecule has 1 aromatic rings. The number of hydrogen-bond acceptors (Lipinski definition) is 4. The number of amides is 1. The molecule has 0 aromatic carbocycles. The molecule has 0 bridgehead atoms. The summed E-state index contributed by atoms with van der Waals surface area (Å²) in [6.45, 7) is 12.1. The number of imidazole rings is 1. The topological polar surface area (TPSA) is 83.8 Å². The van der Waals surface area contributed by atoms with Crippen LogP contribution in [0.3, 0.4) is 0 Å². The molecule has 0 spiro atoms. The molecule has 162 valence electrons. The van der Waals surface area contributed by atoms with Crippen molar-refractivity contribution in [3.63, 3.8) is 0 Å². The van der Waals surface area contributed by atoms with Crippen LogP contribution in [0.4, 0.5) is 4.79 Å². The van der Waals surface area contributed by atoms with Gasteiger partial charge in [0.15, 0.2) is 5.96 Å². The zero-order valence-corrected chi connectivity index (χ0v) is 20.6. The summed E-state index contributed by atoms with van der Waals surface area (Å²) in [5.74, 6) is 1.14. The largest absolute Gasteiger partial charge is 0.444 e. The van der Waals surface area contributed by atoms with E-state index in [2.05, 4.69) is 39.4 Å². The molecule has 0 aliphatic heterocycles. The number of ether oxygens (including phenoxy) is 1. The molecular weight excluding hydrogens is 471 g/mol. The molecule has 1 rings (SSSR count). The summed E-state index contributed by atoms with van der Waals surface area (Å²) in [6.07, 6.45) is 5.93. The number of guanidine groups is 1. The lowest BCUT2D eigenvalue weighted by Gasteiger charge is -2.28. The Morgan fingerprint density at radius 3 is 2.54 bits per heavy atom. The average Bonchev–Trinajstić information content (AvgIpc) is 3.06. The van der Waals surface area contributed by atoms with Gasteiger partial charge in [0, 0.05) is 52.2 Å². The predicted octanol–water partition coefficient (Wildman–Crippen LogP) is 2.95. The van der Waals surface area contributed by atoms with E-state index in [4.69, 9.17) is 4.74 Å². The third kappa shape index (κ3) is 10.7. The normalized spacial score (nSPS) is 12.9. The Hall–Kier alpha value is -1.52. The Bertz CT molecular complexity index is 584. The van der Waals surface area contributed by atoms with Gasteiger partial charge in [-0.15, -0.1) is 24.0 Å². The third-order valence-corrected chi connectivity index (χ3v) is 4.07. The first kappa shape index (κ1) is 26.5. The maximum absolute atomic E-state index is 12.1. The first-order chi connectivity index (χ1) is 12.6. The summed E-state index contributed by atoms with van der Waals surface area (Å²) < 4.78 is 7.39. The van der Waals surface area contributed by atoms with E-state index in [0.717, 1.165) is 32.0 Å². The van der Waals surface area contributed by atoms with E-state index in [1.54, 1.807) is 19.6 Å². The second kappa shape index (κ2) is 12.8. The maximum atomic E-state index is 12.1. The van der Waals surface area contributed by atoms with E-state index < -0.39 is 5.60 Å². The van der Waals surface area contributed by atoms with Gasteiger partial charge in [-0.05, 0) is 33.1 Å². The van der Waals surface area contributed by atoms with Gasteiger partial charge in [-0.25, -0.2) is 9.78 Å². The van der Waals surface area contributed by atoms with Crippen LogP contribution in [-0.2, 0) is 11.3 Å². The fourth-order valence-corrected chi connectivity index (χ4v) is 2.57. The van der Waals surface area contributed by atoms with Crippen molar-refractivity contribution in [3.05, 3.63) is 18.7 Å². The number of carbonyl (C=O) groups is 1. The summed E-state index contributed by atoms with van der Waals surface area (Å²) in [7, 11) is 3.77. The van der Waals surface area contributed by atoms with Gasteiger partial charge >= 0.3 is 6.09 Å². The Morgan fingerprint density at radius 2 is 2.04 bits per heavy atom. The number of nitrogens with one attached hydrogen (secondary N) is 2. The van der Waals surface area contributed by atoms with Crippen LogP contribution < -0.4 is 10.6 Å². The first-order valence-electron chi connectivity index (χ1n) is 9.49. The molecule has 1 unspecified atom stereocenters. The molecular formula is C19H37IN6O2. The second-order valence-corrected chi connectivity index (χ2v) is 7.98. The fraction of sp³-hybridized carbons (Fsp3) is 0.737. The van der Waals surface area contributed by atoms with Crippen molar-refractivity contribution in [2.24, 2.45) is 10.9 Å². The minimum Gasteiger partial charge on any atom is -0.444 e.